The molecule has 0 aliphatic carbocycles. The first kappa shape index (κ1) is 26.6. The van der Waals surface area contributed by atoms with Gasteiger partial charge in [-0.1, -0.05) is 98.2 Å². The number of methoxy groups -OCH3 is 1. The number of aryl methyl sites for hydroxylation is 1. The van der Waals surface area contributed by atoms with Crippen LogP contribution >= 0.6 is 11.6 Å². The van der Waals surface area contributed by atoms with Crippen molar-refractivity contribution in [3.8, 4) is 5.75 Å². The summed E-state index contributed by atoms with van der Waals surface area (Å²) in [4.78, 5) is 4.77. The predicted molar refractivity (Wildman–Crippen MR) is 150 cm³/mol. The summed E-state index contributed by atoms with van der Waals surface area (Å²) >= 11 is 6.65. The molecule has 0 aromatic heterocycles. The van der Waals surface area contributed by atoms with Gasteiger partial charge in [0.25, 0.3) is 0 Å². The van der Waals surface area contributed by atoms with Crippen molar-refractivity contribution in [1.82, 2.24) is 0 Å². The fraction of sp³-hybridized carbons (Fsp3) is 0.219. The van der Waals surface area contributed by atoms with E-state index in [2.05, 4.69) is 19.9 Å². The SMILES string of the molecule is COCOc1ccc(Cc2c(C)cc(N=C(c3ccccc3)c3ccccc3)c(F)c2Cl)cc1C(C)C. The van der Waals surface area contributed by atoms with Gasteiger partial charge < -0.3 is 9.47 Å². The average molecular weight is 516 g/mol. The van der Waals surface area contributed by atoms with Crippen molar-refractivity contribution in [2.45, 2.75) is 33.1 Å². The smallest absolute Gasteiger partial charge is 0.188 e. The van der Waals surface area contributed by atoms with Crippen LogP contribution in [0, 0.1) is 12.7 Å². The van der Waals surface area contributed by atoms with Crippen molar-refractivity contribution in [3.05, 3.63) is 129 Å². The van der Waals surface area contributed by atoms with Crippen LogP contribution < -0.4 is 4.74 Å². The van der Waals surface area contributed by atoms with E-state index in [1.54, 1.807) is 13.2 Å². The maximum atomic E-state index is 15.7. The van der Waals surface area contributed by atoms with E-state index in [0.717, 1.165) is 39.1 Å². The van der Waals surface area contributed by atoms with Crippen LogP contribution in [0.5, 0.6) is 5.75 Å². The van der Waals surface area contributed by atoms with Crippen LogP contribution in [-0.2, 0) is 11.2 Å². The van der Waals surface area contributed by atoms with Gasteiger partial charge in [0.05, 0.1) is 10.7 Å². The van der Waals surface area contributed by atoms with Crippen LogP contribution in [0.3, 0.4) is 0 Å². The molecule has 4 rings (SSSR count). The van der Waals surface area contributed by atoms with Gasteiger partial charge in [-0.25, -0.2) is 9.38 Å². The van der Waals surface area contributed by atoms with E-state index >= 15 is 4.39 Å². The van der Waals surface area contributed by atoms with Gasteiger partial charge in [0.2, 0.25) is 0 Å². The number of nitrogens with zero attached hydrogens (tertiary/aromatic N) is 1. The Morgan fingerprint density at radius 2 is 1.54 bits per heavy atom. The predicted octanol–water partition coefficient (Wildman–Crippen LogP) is 8.65. The molecule has 0 atom stereocenters. The van der Waals surface area contributed by atoms with E-state index in [9.17, 15) is 0 Å². The second kappa shape index (κ2) is 12.2. The summed E-state index contributed by atoms with van der Waals surface area (Å²) in [6.45, 7) is 6.36. The first-order valence-electron chi connectivity index (χ1n) is 12.3. The minimum Gasteiger partial charge on any atom is -0.467 e. The molecular formula is C32H31ClFNO2. The Hall–Kier alpha value is -3.47. The van der Waals surface area contributed by atoms with E-state index in [4.69, 9.17) is 26.1 Å². The number of halogens is 2. The Morgan fingerprint density at radius 1 is 0.919 bits per heavy atom. The monoisotopic (exact) mass is 515 g/mol. The molecule has 5 heteroatoms. The number of rotatable bonds is 9. The molecule has 190 valence electrons. The lowest BCUT2D eigenvalue weighted by Gasteiger charge is -2.17. The zero-order valence-corrected chi connectivity index (χ0v) is 22.4. The Labute approximate surface area is 223 Å². The maximum Gasteiger partial charge on any atom is 0.188 e. The molecule has 0 fully saturated rings. The normalized spacial score (nSPS) is 11.0. The molecule has 0 radical (unpaired) electrons. The van der Waals surface area contributed by atoms with Crippen molar-refractivity contribution in [2.75, 3.05) is 13.9 Å². The molecule has 0 aliphatic rings. The molecule has 0 unspecified atom stereocenters. The lowest BCUT2D eigenvalue weighted by Crippen LogP contribution is -2.05. The Bertz CT molecular complexity index is 1340. The largest absolute Gasteiger partial charge is 0.467 e. The van der Waals surface area contributed by atoms with Crippen LogP contribution in [-0.4, -0.2) is 19.6 Å². The summed E-state index contributed by atoms with van der Waals surface area (Å²) in [6, 6.07) is 27.4. The summed E-state index contributed by atoms with van der Waals surface area (Å²) in [7, 11) is 1.60. The van der Waals surface area contributed by atoms with Gasteiger partial charge in [0, 0.05) is 18.2 Å². The van der Waals surface area contributed by atoms with Crippen molar-refractivity contribution >= 4 is 23.0 Å². The molecule has 3 nitrogen and oxygen atoms in total. The molecule has 4 aromatic rings. The molecule has 0 amide bonds. The third-order valence-corrected chi connectivity index (χ3v) is 6.64. The molecule has 0 bridgehead atoms. The van der Waals surface area contributed by atoms with Crippen LogP contribution in [0.25, 0.3) is 0 Å². The van der Waals surface area contributed by atoms with Gasteiger partial charge in [-0.15, -0.1) is 0 Å². The number of hydrogen-bond donors (Lipinski definition) is 0. The highest BCUT2D eigenvalue weighted by molar-refractivity contribution is 6.32. The lowest BCUT2D eigenvalue weighted by atomic mass is 9.94. The first-order chi connectivity index (χ1) is 17.9. The summed E-state index contributed by atoms with van der Waals surface area (Å²) in [5.41, 5.74) is 6.46. The maximum absolute atomic E-state index is 15.7. The van der Waals surface area contributed by atoms with Crippen molar-refractivity contribution < 1.29 is 13.9 Å². The lowest BCUT2D eigenvalue weighted by molar-refractivity contribution is 0.0502. The van der Waals surface area contributed by atoms with Gasteiger partial charge in [-0.3, -0.25) is 0 Å². The zero-order chi connectivity index (χ0) is 26.4. The first-order valence-corrected chi connectivity index (χ1v) is 12.7. The van der Waals surface area contributed by atoms with Crippen molar-refractivity contribution in [3.63, 3.8) is 0 Å². The molecule has 0 heterocycles. The summed E-state index contributed by atoms with van der Waals surface area (Å²) in [6.07, 6.45) is 0.500. The molecule has 37 heavy (non-hydrogen) atoms. The number of benzene rings is 4. The Balaban J connectivity index is 1.73. The molecule has 0 spiro atoms. The summed E-state index contributed by atoms with van der Waals surface area (Å²) < 4.78 is 26.5. The topological polar surface area (TPSA) is 30.8 Å². The fourth-order valence-corrected chi connectivity index (χ4v) is 4.61. The van der Waals surface area contributed by atoms with Gasteiger partial charge in [0.1, 0.15) is 11.4 Å². The number of aliphatic imine (C=N–C) groups is 1. The van der Waals surface area contributed by atoms with Crippen molar-refractivity contribution in [2.24, 2.45) is 4.99 Å². The van der Waals surface area contributed by atoms with Gasteiger partial charge in [0.15, 0.2) is 12.6 Å². The minimum absolute atomic E-state index is 0.102. The van der Waals surface area contributed by atoms with Crippen LogP contribution in [0.1, 0.15) is 53.1 Å². The van der Waals surface area contributed by atoms with Gasteiger partial charge in [-0.2, -0.15) is 0 Å². The summed E-state index contributed by atoms with van der Waals surface area (Å²) in [5, 5.41) is 0.102. The molecule has 4 aromatic carbocycles. The highest BCUT2D eigenvalue weighted by Crippen LogP contribution is 2.35. The van der Waals surface area contributed by atoms with Crippen LogP contribution in [0.4, 0.5) is 10.1 Å². The third-order valence-electron chi connectivity index (χ3n) is 6.25. The molecule has 0 saturated heterocycles. The van der Waals surface area contributed by atoms with Gasteiger partial charge >= 0.3 is 0 Å². The van der Waals surface area contributed by atoms with Crippen LogP contribution in [0.2, 0.25) is 5.02 Å². The highest BCUT2D eigenvalue weighted by Gasteiger charge is 2.18. The average Bonchev–Trinajstić information content (AvgIpc) is 2.92. The fourth-order valence-electron chi connectivity index (χ4n) is 4.30. The van der Waals surface area contributed by atoms with E-state index in [1.165, 1.54) is 0 Å². The highest BCUT2D eigenvalue weighted by atomic mass is 35.5. The third kappa shape index (κ3) is 6.27. The molecular weight excluding hydrogens is 485 g/mol. The summed E-state index contributed by atoms with van der Waals surface area (Å²) in [5.74, 6) is 0.524. The zero-order valence-electron chi connectivity index (χ0n) is 21.6. The number of ether oxygens (including phenoxy) is 2. The minimum atomic E-state index is -0.518. The molecule has 0 saturated carbocycles. The molecule has 0 aliphatic heterocycles. The standard InChI is InChI=1S/C32H31ClFNO2/c1-21(2)26-18-23(15-16-29(26)37-20-36-4)19-27-22(3)17-28(31(34)30(27)33)35-32(24-11-7-5-8-12-24)25-13-9-6-10-14-25/h5-18,21H,19-20H2,1-4H3. The van der Waals surface area contributed by atoms with Crippen molar-refractivity contribution in [1.29, 1.82) is 0 Å². The van der Waals surface area contributed by atoms with E-state index < -0.39 is 5.82 Å². The van der Waals surface area contributed by atoms with E-state index in [1.807, 2.05) is 79.7 Å². The number of hydrogen-bond acceptors (Lipinski definition) is 3. The van der Waals surface area contributed by atoms with Crippen LogP contribution in [0.15, 0.2) is 89.9 Å². The Morgan fingerprint density at radius 3 is 2.11 bits per heavy atom. The quantitative estimate of drug-likeness (QED) is 0.165. The second-order valence-electron chi connectivity index (χ2n) is 9.27. The second-order valence-corrected chi connectivity index (χ2v) is 9.64. The van der Waals surface area contributed by atoms with E-state index in [0.29, 0.717) is 12.1 Å². The Kier molecular flexibility index (Phi) is 8.75. The van der Waals surface area contributed by atoms with Gasteiger partial charge in [-0.05, 0) is 53.6 Å². The molecule has 0 N–H and O–H groups in total. The van der Waals surface area contributed by atoms with E-state index in [-0.39, 0.29) is 23.4 Å².